The van der Waals surface area contributed by atoms with Crippen LogP contribution in [0, 0.1) is 10.1 Å². The lowest BCUT2D eigenvalue weighted by Gasteiger charge is -2.10. The van der Waals surface area contributed by atoms with Crippen molar-refractivity contribution in [2.45, 2.75) is 11.7 Å². The van der Waals surface area contributed by atoms with Crippen molar-refractivity contribution in [3.8, 4) is 11.4 Å². The zero-order chi connectivity index (χ0) is 23.2. The van der Waals surface area contributed by atoms with Gasteiger partial charge in [0.1, 0.15) is 5.69 Å². The summed E-state index contributed by atoms with van der Waals surface area (Å²) in [5, 5.41) is 23.2. The molecule has 0 fully saturated rings. The molecule has 0 radical (unpaired) electrons. The normalized spacial score (nSPS) is 10.7. The van der Waals surface area contributed by atoms with Crippen LogP contribution in [0.4, 0.5) is 11.4 Å². The maximum atomic E-state index is 12.5. The van der Waals surface area contributed by atoms with Gasteiger partial charge < -0.3 is 5.32 Å². The number of thioether (sulfide) groups is 1. The molecule has 4 rings (SSSR count). The summed E-state index contributed by atoms with van der Waals surface area (Å²) < 4.78 is 1.91. The molecule has 0 spiro atoms. The van der Waals surface area contributed by atoms with Crippen LogP contribution >= 0.6 is 23.4 Å². The molecule has 0 unspecified atom stereocenters. The molecule has 0 aliphatic rings. The minimum absolute atomic E-state index is 0.0141. The first-order valence-corrected chi connectivity index (χ1v) is 11.1. The van der Waals surface area contributed by atoms with Gasteiger partial charge in [0, 0.05) is 29.0 Å². The number of nitrogens with zero attached hydrogens (tertiary/aromatic N) is 5. The maximum Gasteiger partial charge on any atom is 0.294 e. The zero-order valence-corrected chi connectivity index (χ0v) is 18.7. The van der Waals surface area contributed by atoms with Gasteiger partial charge in [0.25, 0.3) is 5.69 Å². The molecular formula is C22H17ClN6O3S. The van der Waals surface area contributed by atoms with Gasteiger partial charge in [0.2, 0.25) is 5.91 Å². The Morgan fingerprint density at radius 3 is 2.67 bits per heavy atom. The van der Waals surface area contributed by atoms with Crippen LogP contribution in [0.1, 0.15) is 5.56 Å². The van der Waals surface area contributed by atoms with E-state index in [1.807, 2.05) is 47.0 Å². The summed E-state index contributed by atoms with van der Waals surface area (Å²) in [6.45, 7) is 0.505. The standard InChI is InChI=1S/C22H17ClN6O3S/c23-17-8-9-18(19(11-17)29(31)32)25-20(30)14-33-22-27-26-21(16-7-4-10-24-12-16)28(22)13-15-5-2-1-3-6-15/h1-12H,13-14H2,(H,25,30). The average Bonchev–Trinajstić information content (AvgIpc) is 3.22. The van der Waals surface area contributed by atoms with Gasteiger partial charge in [-0.05, 0) is 29.8 Å². The number of nitro benzene ring substituents is 1. The van der Waals surface area contributed by atoms with Crippen molar-refractivity contribution in [2.75, 3.05) is 11.1 Å². The van der Waals surface area contributed by atoms with Crippen molar-refractivity contribution in [1.82, 2.24) is 19.7 Å². The lowest BCUT2D eigenvalue weighted by Crippen LogP contribution is -2.16. The second-order valence-corrected chi connectivity index (χ2v) is 8.25. The minimum atomic E-state index is -0.592. The first-order chi connectivity index (χ1) is 16.0. The molecule has 1 amide bonds. The molecule has 0 bridgehead atoms. The number of nitrogens with one attached hydrogen (secondary N) is 1. The minimum Gasteiger partial charge on any atom is -0.320 e. The summed E-state index contributed by atoms with van der Waals surface area (Å²) in [4.78, 5) is 27.4. The van der Waals surface area contributed by atoms with Crippen LogP contribution in [0.2, 0.25) is 5.02 Å². The van der Waals surface area contributed by atoms with E-state index in [0.29, 0.717) is 17.5 Å². The predicted octanol–water partition coefficient (Wildman–Crippen LogP) is 4.68. The SMILES string of the molecule is O=C(CSc1nnc(-c2cccnc2)n1Cc1ccccc1)Nc1ccc(Cl)cc1[N+](=O)[O-]. The molecule has 166 valence electrons. The number of pyridine rings is 1. The lowest BCUT2D eigenvalue weighted by atomic mass is 10.2. The van der Waals surface area contributed by atoms with Crippen molar-refractivity contribution < 1.29 is 9.72 Å². The Morgan fingerprint density at radius 2 is 1.94 bits per heavy atom. The van der Waals surface area contributed by atoms with E-state index in [1.54, 1.807) is 12.4 Å². The number of hydrogen-bond acceptors (Lipinski definition) is 7. The molecule has 0 saturated heterocycles. The molecule has 1 N–H and O–H groups in total. The molecule has 2 aromatic heterocycles. The van der Waals surface area contributed by atoms with Crippen molar-refractivity contribution >= 4 is 40.6 Å². The van der Waals surface area contributed by atoms with Gasteiger partial charge >= 0.3 is 0 Å². The van der Waals surface area contributed by atoms with E-state index in [9.17, 15) is 14.9 Å². The largest absolute Gasteiger partial charge is 0.320 e. The number of anilines is 1. The topological polar surface area (TPSA) is 116 Å². The van der Waals surface area contributed by atoms with Crippen molar-refractivity contribution in [3.63, 3.8) is 0 Å². The Morgan fingerprint density at radius 1 is 1.12 bits per heavy atom. The molecule has 0 aliphatic heterocycles. The van der Waals surface area contributed by atoms with Gasteiger partial charge in [-0.3, -0.25) is 24.5 Å². The van der Waals surface area contributed by atoms with E-state index >= 15 is 0 Å². The van der Waals surface area contributed by atoms with E-state index in [4.69, 9.17) is 11.6 Å². The Kier molecular flexibility index (Phi) is 6.96. The number of amides is 1. The third kappa shape index (κ3) is 5.54. The summed E-state index contributed by atoms with van der Waals surface area (Å²) in [5.74, 6) is 0.200. The van der Waals surface area contributed by atoms with Crippen LogP contribution in [0.15, 0.2) is 78.2 Å². The summed E-state index contributed by atoms with van der Waals surface area (Å²) in [6, 6.07) is 17.6. The van der Waals surface area contributed by atoms with Crippen molar-refractivity contribution in [2.24, 2.45) is 0 Å². The van der Waals surface area contributed by atoms with Crippen LogP contribution in [0.25, 0.3) is 11.4 Å². The molecule has 9 nitrogen and oxygen atoms in total. The predicted molar refractivity (Wildman–Crippen MR) is 126 cm³/mol. The van der Waals surface area contributed by atoms with Crippen LogP contribution in [-0.4, -0.2) is 36.3 Å². The van der Waals surface area contributed by atoms with Gasteiger partial charge in [-0.2, -0.15) is 0 Å². The highest BCUT2D eigenvalue weighted by molar-refractivity contribution is 7.99. The fourth-order valence-electron chi connectivity index (χ4n) is 3.09. The number of nitro groups is 1. The molecule has 2 aromatic carbocycles. The third-order valence-corrected chi connectivity index (χ3v) is 5.78. The molecule has 33 heavy (non-hydrogen) atoms. The highest BCUT2D eigenvalue weighted by Gasteiger charge is 2.19. The summed E-state index contributed by atoms with van der Waals surface area (Å²) in [7, 11) is 0. The Labute approximate surface area is 198 Å². The highest BCUT2D eigenvalue weighted by Crippen LogP contribution is 2.29. The first kappa shape index (κ1) is 22.4. The Hall–Kier alpha value is -3.76. The maximum absolute atomic E-state index is 12.5. The molecule has 0 atom stereocenters. The van der Waals surface area contributed by atoms with Crippen LogP contribution < -0.4 is 5.32 Å². The van der Waals surface area contributed by atoms with Gasteiger partial charge in [0.05, 0.1) is 17.2 Å². The van der Waals surface area contributed by atoms with E-state index in [-0.39, 0.29) is 22.2 Å². The number of rotatable bonds is 8. The molecule has 4 aromatic rings. The fraction of sp³-hybridized carbons (Fsp3) is 0.0909. The van der Waals surface area contributed by atoms with E-state index < -0.39 is 10.8 Å². The zero-order valence-electron chi connectivity index (χ0n) is 17.1. The van der Waals surface area contributed by atoms with Gasteiger partial charge in [-0.1, -0.05) is 53.7 Å². The summed E-state index contributed by atoms with van der Waals surface area (Å²) in [6.07, 6.45) is 3.38. The number of halogens is 1. The molecule has 0 aliphatic carbocycles. The number of carbonyl (C=O) groups excluding carboxylic acids is 1. The second kappa shape index (κ2) is 10.2. The first-order valence-electron chi connectivity index (χ1n) is 9.75. The van der Waals surface area contributed by atoms with E-state index in [1.165, 1.54) is 30.0 Å². The quantitative estimate of drug-likeness (QED) is 0.221. The van der Waals surface area contributed by atoms with Crippen molar-refractivity contribution in [3.05, 3.63) is 93.8 Å². The van der Waals surface area contributed by atoms with Crippen LogP contribution in [0.3, 0.4) is 0 Å². The van der Waals surface area contributed by atoms with Gasteiger partial charge in [-0.15, -0.1) is 10.2 Å². The highest BCUT2D eigenvalue weighted by atomic mass is 35.5. The lowest BCUT2D eigenvalue weighted by molar-refractivity contribution is -0.383. The third-order valence-electron chi connectivity index (χ3n) is 4.58. The average molecular weight is 481 g/mol. The molecule has 0 saturated carbocycles. The Bertz CT molecular complexity index is 1280. The number of benzene rings is 2. The fourth-order valence-corrected chi connectivity index (χ4v) is 3.99. The summed E-state index contributed by atoms with van der Waals surface area (Å²) >= 11 is 7.02. The number of carbonyl (C=O) groups is 1. The number of hydrogen-bond donors (Lipinski definition) is 1. The van der Waals surface area contributed by atoms with Crippen LogP contribution in [-0.2, 0) is 11.3 Å². The Balaban J connectivity index is 1.54. The number of aromatic nitrogens is 4. The molecular weight excluding hydrogens is 464 g/mol. The molecule has 2 heterocycles. The van der Waals surface area contributed by atoms with Crippen LogP contribution in [0.5, 0.6) is 0 Å². The van der Waals surface area contributed by atoms with E-state index in [0.717, 1.165) is 11.1 Å². The van der Waals surface area contributed by atoms with E-state index in [2.05, 4.69) is 20.5 Å². The molecule has 11 heteroatoms. The van der Waals surface area contributed by atoms with Crippen molar-refractivity contribution in [1.29, 1.82) is 0 Å². The monoisotopic (exact) mass is 480 g/mol. The van der Waals surface area contributed by atoms with Gasteiger partial charge in [-0.25, -0.2) is 0 Å². The summed E-state index contributed by atoms with van der Waals surface area (Å²) in [5.41, 5.74) is 1.66. The van der Waals surface area contributed by atoms with Gasteiger partial charge in [0.15, 0.2) is 11.0 Å². The smallest absolute Gasteiger partial charge is 0.294 e. The second-order valence-electron chi connectivity index (χ2n) is 6.88.